The van der Waals surface area contributed by atoms with Crippen molar-refractivity contribution in [2.75, 3.05) is 7.11 Å². The summed E-state index contributed by atoms with van der Waals surface area (Å²) in [5.74, 6) is -0.490. The standard InChI is InChI=1S/C13H14N2O4/c1-8(13(16)17)12-15-14-11(19-12)7-9-3-5-10(18-2)6-4-9/h3-6,8H,7H2,1-2H3,(H,16,17). The molecule has 0 aliphatic heterocycles. The molecule has 100 valence electrons. The van der Waals surface area contributed by atoms with Crippen molar-refractivity contribution < 1.29 is 19.1 Å². The molecule has 0 saturated heterocycles. The molecule has 6 nitrogen and oxygen atoms in total. The van der Waals surface area contributed by atoms with E-state index in [1.54, 1.807) is 7.11 Å². The number of hydrogen-bond donors (Lipinski definition) is 1. The third kappa shape index (κ3) is 3.09. The van der Waals surface area contributed by atoms with Crippen LogP contribution in [0.4, 0.5) is 0 Å². The van der Waals surface area contributed by atoms with Gasteiger partial charge in [-0.05, 0) is 24.6 Å². The van der Waals surface area contributed by atoms with Gasteiger partial charge in [0.05, 0.1) is 13.5 Å². The van der Waals surface area contributed by atoms with Crippen LogP contribution >= 0.6 is 0 Å². The minimum Gasteiger partial charge on any atom is -0.497 e. The average molecular weight is 262 g/mol. The van der Waals surface area contributed by atoms with E-state index in [0.29, 0.717) is 12.3 Å². The Morgan fingerprint density at radius 1 is 1.37 bits per heavy atom. The largest absolute Gasteiger partial charge is 0.497 e. The van der Waals surface area contributed by atoms with E-state index in [1.165, 1.54) is 6.92 Å². The summed E-state index contributed by atoms with van der Waals surface area (Å²) in [5, 5.41) is 16.4. The molecule has 6 heteroatoms. The lowest BCUT2D eigenvalue weighted by Crippen LogP contribution is -2.07. The lowest BCUT2D eigenvalue weighted by Gasteiger charge is -2.01. The molecule has 19 heavy (non-hydrogen) atoms. The van der Waals surface area contributed by atoms with Crippen LogP contribution in [0.25, 0.3) is 0 Å². The van der Waals surface area contributed by atoms with Crippen molar-refractivity contribution >= 4 is 5.97 Å². The number of nitrogens with zero attached hydrogens (tertiary/aromatic N) is 2. The smallest absolute Gasteiger partial charge is 0.315 e. The Labute approximate surface area is 110 Å². The van der Waals surface area contributed by atoms with E-state index in [4.69, 9.17) is 14.3 Å². The van der Waals surface area contributed by atoms with Crippen molar-refractivity contribution in [1.29, 1.82) is 0 Å². The number of aromatic nitrogens is 2. The predicted molar refractivity (Wildman–Crippen MR) is 66.1 cm³/mol. The van der Waals surface area contributed by atoms with Gasteiger partial charge in [-0.15, -0.1) is 10.2 Å². The van der Waals surface area contributed by atoms with Crippen molar-refractivity contribution in [2.24, 2.45) is 0 Å². The molecule has 0 saturated carbocycles. The van der Waals surface area contributed by atoms with E-state index < -0.39 is 11.9 Å². The number of carboxylic acid groups (broad SMARTS) is 1. The summed E-state index contributed by atoms with van der Waals surface area (Å²) in [5.41, 5.74) is 0.985. The first kappa shape index (κ1) is 13.1. The lowest BCUT2D eigenvalue weighted by atomic mass is 10.1. The lowest BCUT2D eigenvalue weighted by molar-refractivity contribution is -0.138. The van der Waals surface area contributed by atoms with Crippen molar-refractivity contribution in [3.8, 4) is 5.75 Å². The number of carboxylic acids is 1. The van der Waals surface area contributed by atoms with Gasteiger partial charge in [0.2, 0.25) is 11.8 Å². The van der Waals surface area contributed by atoms with Gasteiger partial charge in [-0.25, -0.2) is 0 Å². The molecule has 1 aromatic heterocycles. The summed E-state index contributed by atoms with van der Waals surface area (Å²) in [4.78, 5) is 10.8. The molecule has 1 heterocycles. The first-order valence-corrected chi connectivity index (χ1v) is 5.78. The number of methoxy groups -OCH3 is 1. The van der Waals surface area contributed by atoms with Gasteiger partial charge in [-0.2, -0.15) is 0 Å². The van der Waals surface area contributed by atoms with E-state index >= 15 is 0 Å². The highest BCUT2D eigenvalue weighted by molar-refractivity contribution is 5.73. The zero-order valence-corrected chi connectivity index (χ0v) is 10.7. The van der Waals surface area contributed by atoms with E-state index in [-0.39, 0.29) is 5.89 Å². The fraction of sp³-hybridized carbons (Fsp3) is 0.308. The maximum absolute atomic E-state index is 10.8. The third-order valence-corrected chi connectivity index (χ3v) is 2.74. The predicted octanol–water partition coefficient (Wildman–Crippen LogP) is 1.86. The Morgan fingerprint density at radius 3 is 2.63 bits per heavy atom. The molecule has 0 spiro atoms. The molecule has 0 bridgehead atoms. The molecular weight excluding hydrogens is 248 g/mol. The van der Waals surface area contributed by atoms with Gasteiger partial charge in [0, 0.05) is 0 Å². The Hall–Kier alpha value is -2.37. The highest BCUT2D eigenvalue weighted by atomic mass is 16.5. The average Bonchev–Trinajstić information content (AvgIpc) is 2.87. The van der Waals surface area contributed by atoms with Gasteiger partial charge in [0.25, 0.3) is 0 Å². The quantitative estimate of drug-likeness (QED) is 0.885. The number of rotatable bonds is 5. The van der Waals surface area contributed by atoms with Crippen LogP contribution in [0.2, 0.25) is 0 Å². The van der Waals surface area contributed by atoms with Crippen LogP contribution in [0, 0.1) is 0 Å². The van der Waals surface area contributed by atoms with Gasteiger partial charge < -0.3 is 14.3 Å². The molecule has 0 amide bonds. The summed E-state index contributed by atoms with van der Waals surface area (Å²) >= 11 is 0. The highest BCUT2D eigenvalue weighted by Crippen LogP contribution is 2.17. The second-order valence-corrected chi connectivity index (χ2v) is 4.12. The summed E-state index contributed by atoms with van der Waals surface area (Å²) < 4.78 is 10.4. The molecular formula is C13H14N2O4. The zero-order valence-electron chi connectivity index (χ0n) is 10.7. The molecule has 0 radical (unpaired) electrons. The number of aliphatic carboxylic acids is 1. The molecule has 1 atom stereocenters. The van der Waals surface area contributed by atoms with Crippen LogP contribution < -0.4 is 4.74 Å². The molecule has 0 aliphatic carbocycles. The fourth-order valence-electron chi connectivity index (χ4n) is 1.54. The Morgan fingerprint density at radius 2 is 2.05 bits per heavy atom. The van der Waals surface area contributed by atoms with Crippen LogP contribution in [-0.4, -0.2) is 28.4 Å². The molecule has 0 aliphatic rings. The van der Waals surface area contributed by atoms with Gasteiger partial charge in [-0.3, -0.25) is 4.79 Å². The van der Waals surface area contributed by atoms with E-state index in [9.17, 15) is 4.79 Å². The fourth-order valence-corrected chi connectivity index (χ4v) is 1.54. The molecule has 0 fully saturated rings. The number of carbonyl (C=O) groups is 1. The van der Waals surface area contributed by atoms with Gasteiger partial charge in [-0.1, -0.05) is 12.1 Å². The topological polar surface area (TPSA) is 85.5 Å². The summed E-state index contributed by atoms with van der Waals surface area (Å²) in [6, 6.07) is 7.46. The van der Waals surface area contributed by atoms with Crippen molar-refractivity contribution in [3.05, 3.63) is 41.6 Å². The second kappa shape index (κ2) is 5.51. The SMILES string of the molecule is COc1ccc(Cc2nnc(C(C)C(=O)O)o2)cc1. The van der Waals surface area contributed by atoms with Crippen LogP contribution in [-0.2, 0) is 11.2 Å². The maximum atomic E-state index is 10.8. The Bertz CT molecular complexity index is 562. The molecule has 1 aromatic carbocycles. The maximum Gasteiger partial charge on any atom is 0.315 e. The van der Waals surface area contributed by atoms with Gasteiger partial charge >= 0.3 is 5.97 Å². The van der Waals surface area contributed by atoms with E-state index in [2.05, 4.69) is 10.2 Å². The molecule has 1 N–H and O–H groups in total. The van der Waals surface area contributed by atoms with Gasteiger partial charge in [0.15, 0.2) is 0 Å². The monoisotopic (exact) mass is 262 g/mol. The van der Waals surface area contributed by atoms with E-state index in [0.717, 1.165) is 11.3 Å². The van der Waals surface area contributed by atoms with Crippen LogP contribution in [0.5, 0.6) is 5.75 Å². The second-order valence-electron chi connectivity index (χ2n) is 4.12. The highest BCUT2D eigenvalue weighted by Gasteiger charge is 2.20. The molecule has 1 unspecified atom stereocenters. The minimum absolute atomic E-state index is 0.121. The Kier molecular flexibility index (Phi) is 3.79. The first-order chi connectivity index (χ1) is 9.10. The zero-order chi connectivity index (χ0) is 13.8. The first-order valence-electron chi connectivity index (χ1n) is 5.78. The normalized spacial score (nSPS) is 12.1. The summed E-state index contributed by atoms with van der Waals surface area (Å²) in [6.07, 6.45) is 0.462. The number of benzene rings is 1. The van der Waals surface area contributed by atoms with Gasteiger partial charge in [0.1, 0.15) is 11.7 Å². The van der Waals surface area contributed by atoms with Crippen molar-refractivity contribution in [1.82, 2.24) is 10.2 Å². The number of hydrogen-bond acceptors (Lipinski definition) is 5. The third-order valence-electron chi connectivity index (χ3n) is 2.74. The molecule has 2 aromatic rings. The Balaban J connectivity index is 2.08. The van der Waals surface area contributed by atoms with Crippen LogP contribution in [0.15, 0.2) is 28.7 Å². The van der Waals surface area contributed by atoms with E-state index in [1.807, 2.05) is 24.3 Å². The van der Waals surface area contributed by atoms with Crippen molar-refractivity contribution in [2.45, 2.75) is 19.3 Å². The summed E-state index contributed by atoms with van der Waals surface area (Å²) in [6.45, 7) is 1.51. The number of ether oxygens (including phenoxy) is 1. The minimum atomic E-state index is -0.986. The summed E-state index contributed by atoms with van der Waals surface area (Å²) in [7, 11) is 1.60. The van der Waals surface area contributed by atoms with Crippen LogP contribution in [0.1, 0.15) is 30.2 Å². The van der Waals surface area contributed by atoms with Crippen LogP contribution in [0.3, 0.4) is 0 Å². The molecule has 2 rings (SSSR count). The van der Waals surface area contributed by atoms with Crippen molar-refractivity contribution in [3.63, 3.8) is 0 Å².